The number of hydrogen-bond donors (Lipinski definition) is 0. The average molecular weight is 414 g/mol. The van der Waals surface area contributed by atoms with Gasteiger partial charge in [0, 0.05) is 16.7 Å². The smallest absolute Gasteiger partial charge is 0.0622 e. The fourth-order valence-electron chi connectivity index (χ4n) is 4.45. The van der Waals surface area contributed by atoms with Gasteiger partial charge in [-0.05, 0) is 71.3 Å². The first-order valence-electron chi connectivity index (χ1n) is 10.6. The molecule has 0 aromatic rings. The molecule has 0 nitrogen and oxygen atoms in total. The van der Waals surface area contributed by atoms with Crippen LogP contribution in [0.15, 0.2) is 142 Å². The summed E-state index contributed by atoms with van der Waals surface area (Å²) in [5.74, 6) is 0. The van der Waals surface area contributed by atoms with E-state index in [1.165, 1.54) is 48.1 Å². The Bertz CT molecular complexity index is 1230. The molecule has 0 atom stereocenters. The topological polar surface area (TPSA) is 0 Å². The summed E-state index contributed by atoms with van der Waals surface area (Å²) in [6.45, 7) is 0. The lowest BCUT2D eigenvalue weighted by molar-refractivity contribution is 1.40. The Morgan fingerprint density at radius 3 is 0.968 bits per heavy atom. The van der Waals surface area contributed by atoms with E-state index in [1.807, 2.05) is 0 Å². The second kappa shape index (κ2) is 7.61. The van der Waals surface area contributed by atoms with Crippen molar-refractivity contribution in [2.75, 3.05) is 0 Å². The lowest BCUT2D eigenvalue weighted by atomic mass is 10.2. The van der Waals surface area contributed by atoms with Crippen LogP contribution in [-0.4, -0.2) is 0 Å². The van der Waals surface area contributed by atoms with Crippen LogP contribution in [0.25, 0.3) is 33.4 Å². The highest BCUT2D eigenvalue weighted by molar-refractivity contribution is 7.97. The first-order valence-corrected chi connectivity index (χ1v) is 11.8. The molecule has 0 bridgehead atoms. The molecule has 0 unspecified atom stereocenters. The molecule has 0 N–H and O–H groups in total. The zero-order valence-corrected chi connectivity index (χ0v) is 17.8. The van der Waals surface area contributed by atoms with Gasteiger partial charge in [-0.1, -0.05) is 72.8 Å². The van der Waals surface area contributed by atoms with Gasteiger partial charge in [0.1, 0.15) is 10.9 Å². The summed E-state index contributed by atoms with van der Waals surface area (Å²) in [6.07, 6.45) is 0. The minimum absolute atomic E-state index is 0.210. The van der Waals surface area contributed by atoms with Crippen LogP contribution in [0.3, 0.4) is 0 Å². The van der Waals surface area contributed by atoms with Crippen LogP contribution in [0.2, 0.25) is 0 Å². The largest absolute Gasteiger partial charge is 0.174 e. The van der Waals surface area contributed by atoms with Crippen molar-refractivity contribution in [3.63, 3.8) is 0 Å². The lowest BCUT2D eigenvalue weighted by Gasteiger charge is -2.09. The summed E-state index contributed by atoms with van der Waals surface area (Å²) in [5, 5.41) is 0. The summed E-state index contributed by atoms with van der Waals surface area (Å²) < 4.78 is 0. The van der Waals surface area contributed by atoms with Crippen molar-refractivity contribution in [3.8, 4) is 33.4 Å². The Morgan fingerprint density at radius 1 is 0.290 bits per heavy atom. The molecule has 0 radical (unpaired) electrons. The van der Waals surface area contributed by atoms with Gasteiger partial charge in [-0.25, -0.2) is 0 Å². The van der Waals surface area contributed by atoms with Crippen molar-refractivity contribution in [1.82, 2.24) is 0 Å². The third-order valence-electron chi connectivity index (χ3n) is 5.91. The third kappa shape index (κ3) is 3.10. The average Bonchev–Trinajstić information content (AvgIpc) is 3.28. The highest BCUT2D eigenvalue weighted by Crippen LogP contribution is 2.47. The molecular formula is C30H21S+. The molecule has 1 heteroatoms. The van der Waals surface area contributed by atoms with Crippen LogP contribution in [0.1, 0.15) is 0 Å². The molecule has 0 heterocycles. The summed E-state index contributed by atoms with van der Waals surface area (Å²) in [7, 11) is -0.210. The van der Waals surface area contributed by atoms with Gasteiger partial charge in [0.25, 0.3) is 0 Å². The monoisotopic (exact) mass is 413 g/mol. The van der Waals surface area contributed by atoms with Crippen LogP contribution in [0, 0.1) is 0 Å². The molecule has 0 fully saturated rings. The molecule has 6 aliphatic rings. The minimum Gasteiger partial charge on any atom is -0.0622 e. The Labute approximate surface area is 186 Å². The van der Waals surface area contributed by atoms with E-state index in [1.54, 1.807) is 0 Å². The first-order chi connectivity index (χ1) is 15.4. The van der Waals surface area contributed by atoms with Crippen LogP contribution in [0.5, 0.6) is 0 Å². The molecule has 6 rings (SSSR count). The van der Waals surface area contributed by atoms with Crippen molar-refractivity contribution in [1.29, 1.82) is 0 Å². The summed E-state index contributed by atoms with van der Waals surface area (Å²) in [5.41, 5.74) is 7.87. The Balaban J connectivity index is 1.64. The van der Waals surface area contributed by atoms with E-state index in [2.05, 4.69) is 127 Å². The lowest BCUT2D eigenvalue weighted by Crippen LogP contribution is -2.04. The van der Waals surface area contributed by atoms with E-state index in [4.69, 9.17) is 0 Å². The quantitative estimate of drug-likeness (QED) is 0.257. The van der Waals surface area contributed by atoms with E-state index in [9.17, 15) is 0 Å². The molecule has 0 aliphatic heterocycles. The second-order valence-electron chi connectivity index (χ2n) is 7.74. The molecular weight excluding hydrogens is 392 g/mol. The fourth-order valence-corrected chi connectivity index (χ4v) is 6.99. The SMILES string of the molecule is c1ccc2ccc([S+](c3ccc4cccccc3-4)c3ccc4cccccc3-4)c-2cc1. The standard InChI is InChI=1S/C30H21S/c1-4-10-22-16-19-28(25(22)13-7-1)31(29-20-17-23-11-5-2-8-14-26(23)29)30-21-18-24-12-6-3-9-15-27(24)30/h1-21H/q+1. The van der Waals surface area contributed by atoms with Crippen LogP contribution in [-0.2, 0) is 10.9 Å². The van der Waals surface area contributed by atoms with Crippen LogP contribution < -0.4 is 0 Å². The van der Waals surface area contributed by atoms with E-state index < -0.39 is 0 Å². The number of rotatable bonds is 3. The maximum Gasteiger partial charge on any atom is 0.174 e. The minimum atomic E-state index is -0.210. The second-order valence-corrected chi connectivity index (χ2v) is 9.67. The molecule has 0 saturated heterocycles. The zero-order valence-electron chi connectivity index (χ0n) is 17.0. The summed E-state index contributed by atoms with van der Waals surface area (Å²) in [6, 6.07) is 46.4. The van der Waals surface area contributed by atoms with Gasteiger partial charge < -0.3 is 0 Å². The molecule has 0 saturated carbocycles. The van der Waals surface area contributed by atoms with Gasteiger partial charge in [-0.3, -0.25) is 0 Å². The van der Waals surface area contributed by atoms with Gasteiger partial charge >= 0.3 is 0 Å². The predicted molar refractivity (Wildman–Crippen MR) is 131 cm³/mol. The van der Waals surface area contributed by atoms with Crippen molar-refractivity contribution >= 4 is 10.9 Å². The maximum atomic E-state index is 2.33. The Morgan fingerprint density at radius 2 is 0.613 bits per heavy atom. The first kappa shape index (κ1) is 18.2. The molecule has 0 aromatic heterocycles. The van der Waals surface area contributed by atoms with Gasteiger partial charge in [0.05, 0.1) is 0 Å². The van der Waals surface area contributed by atoms with Gasteiger partial charge in [0.2, 0.25) is 0 Å². The van der Waals surface area contributed by atoms with Crippen LogP contribution >= 0.6 is 0 Å². The summed E-state index contributed by atoms with van der Waals surface area (Å²) in [4.78, 5) is 4.18. The molecule has 0 aromatic carbocycles. The highest BCUT2D eigenvalue weighted by atomic mass is 32.2. The van der Waals surface area contributed by atoms with Crippen molar-refractivity contribution < 1.29 is 0 Å². The van der Waals surface area contributed by atoms with Crippen molar-refractivity contribution in [2.45, 2.75) is 14.7 Å². The maximum absolute atomic E-state index is 2.33. The number of hydrogen-bond acceptors (Lipinski definition) is 0. The molecule has 6 aliphatic carbocycles. The zero-order chi connectivity index (χ0) is 20.6. The normalized spacial score (nSPS) is 11.5. The molecule has 0 spiro atoms. The Kier molecular flexibility index (Phi) is 4.48. The van der Waals surface area contributed by atoms with E-state index in [-0.39, 0.29) is 10.9 Å². The van der Waals surface area contributed by atoms with E-state index >= 15 is 0 Å². The fraction of sp³-hybridized carbons (Fsp3) is 0. The third-order valence-corrected chi connectivity index (χ3v) is 8.30. The molecule has 146 valence electrons. The van der Waals surface area contributed by atoms with Crippen molar-refractivity contribution in [3.05, 3.63) is 127 Å². The van der Waals surface area contributed by atoms with Gasteiger partial charge in [0.15, 0.2) is 14.7 Å². The van der Waals surface area contributed by atoms with Gasteiger partial charge in [-0.2, -0.15) is 0 Å². The Hall–Kier alpha value is -3.55. The van der Waals surface area contributed by atoms with E-state index in [0.717, 1.165) is 0 Å². The van der Waals surface area contributed by atoms with Crippen molar-refractivity contribution in [2.24, 2.45) is 0 Å². The highest BCUT2D eigenvalue weighted by Gasteiger charge is 2.38. The number of fused-ring (bicyclic) bond motifs is 3. The van der Waals surface area contributed by atoms with Gasteiger partial charge in [-0.15, -0.1) is 0 Å². The summed E-state index contributed by atoms with van der Waals surface area (Å²) >= 11 is 0. The molecule has 31 heavy (non-hydrogen) atoms. The van der Waals surface area contributed by atoms with E-state index in [0.29, 0.717) is 0 Å². The molecule has 0 amide bonds. The van der Waals surface area contributed by atoms with Crippen LogP contribution in [0.4, 0.5) is 0 Å². The predicted octanol–water partition coefficient (Wildman–Crippen LogP) is 8.10.